The van der Waals surface area contributed by atoms with Gasteiger partial charge < -0.3 is 9.88 Å². The molecule has 2 heterocycles. The van der Waals surface area contributed by atoms with Gasteiger partial charge in [-0.05, 0) is 29.6 Å². The van der Waals surface area contributed by atoms with Crippen molar-refractivity contribution in [1.82, 2.24) is 9.55 Å². The summed E-state index contributed by atoms with van der Waals surface area (Å²) in [7, 11) is 2.02. The fourth-order valence-electron chi connectivity index (χ4n) is 2.12. The minimum atomic E-state index is 0.0595. The van der Waals surface area contributed by atoms with Crippen LogP contribution in [0.5, 0.6) is 0 Å². The predicted octanol–water partition coefficient (Wildman–Crippen LogP) is 4.45. The Morgan fingerprint density at radius 2 is 2.20 bits per heavy atom. The first-order chi connectivity index (χ1) is 9.74. The smallest absolute Gasteiger partial charge is 0.136 e. The van der Waals surface area contributed by atoms with E-state index in [0.717, 1.165) is 16.0 Å². The van der Waals surface area contributed by atoms with Crippen LogP contribution >= 0.6 is 27.3 Å². The number of aryl methyl sites for hydroxylation is 1. The Morgan fingerprint density at radius 1 is 1.30 bits per heavy atom. The summed E-state index contributed by atoms with van der Waals surface area (Å²) in [6.45, 7) is 0. The lowest BCUT2D eigenvalue weighted by Crippen LogP contribution is -2.15. The summed E-state index contributed by atoms with van der Waals surface area (Å²) >= 11 is 5.24. The molecule has 0 amide bonds. The summed E-state index contributed by atoms with van der Waals surface area (Å²) in [5.41, 5.74) is 1.07. The normalized spacial score (nSPS) is 12.3. The van der Waals surface area contributed by atoms with Gasteiger partial charge in [0.2, 0.25) is 0 Å². The largest absolute Gasteiger partial charge is 0.371 e. The van der Waals surface area contributed by atoms with Crippen LogP contribution in [0.25, 0.3) is 0 Å². The maximum absolute atomic E-state index is 4.49. The van der Waals surface area contributed by atoms with Gasteiger partial charge in [0.05, 0.1) is 0 Å². The average molecular weight is 348 g/mol. The molecule has 1 atom stereocenters. The van der Waals surface area contributed by atoms with Gasteiger partial charge in [0.1, 0.15) is 11.9 Å². The molecule has 2 aromatic heterocycles. The van der Waals surface area contributed by atoms with Crippen LogP contribution in [0.3, 0.4) is 0 Å². The molecule has 0 aliphatic heterocycles. The van der Waals surface area contributed by atoms with Crippen molar-refractivity contribution in [3.8, 4) is 0 Å². The van der Waals surface area contributed by atoms with E-state index in [0.29, 0.717) is 0 Å². The van der Waals surface area contributed by atoms with E-state index in [9.17, 15) is 0 Å². The lowest BCUT2D eigenvalue weighted by molar-refractivity contribution is 0.756. The summed E-state index contributed by atoms with van der Waals surface area (Å²) in [6, 6.07) is 12.4. The number of hydrogen-bond acceptors (Lipinski definition) is 3. The Morgan fingerprint density at radius 3 is 2.85 bits per heavy atom. The summed E-state index contributed by atoms with van der Waals surface area (Å²) < 4.78 is 3.11. The second kappa shape index (κ2) is 5.81. The third-order valence-electron chi connectivity index (χ3n) is 3.08. The Kier molecular flexibility index (Phi) is 3.89. The molecule has 0 fully saturated rings. The fraction of sp³-hybridized carbons (Fsp3) is 0.133. The van der Waals surface area contributed by atoms with E-state index < -0.39 is 0 Å². The molecule has 0 saturated carbocycles. The van der Waals surface area contributed by atoms with E-state index in [1.165, 1.54) is 4.88 Å². The summed E-state index contributed by atoms with van der Waals surface area (Å²) in [6.07, 6.45) is 3.80. The van der Waals surface area contributed by atoms with Gasteiger partial charge in [-0.3, -0.25) is 0 Å². The van der Waals surface area contributed by atoms with E-state index in [4.69, 9.17) is 0 Å². The number of imidazole rings is 1. The van der Waals surface area contributed by atoms with E-state index >= 15 is 0 Å². The topological polar surface area (TPSA) is 29.9 Å². The predicted molar refractivity (Wildman–Crippen MR) is 87.1 cm³/mol. The first kappa shape index (κ1) is 13.4. The molecular weight excluding hydrogens is 334 g/mol. The molecule has 0 bridgehead atoms. The molecule has 1 aromatic carbocycles. The lowest BCUT2D eigenvalue weighted by Gasteiger charge is -2.18. The van der Waals surface area contributed by atoms with Crippen molar-refractivity contribution < 1.29 is 0 Å². The Bertz CT molecular complexity index is 691. The third-order valence-corrected chi connectivity index (χ3v) is 4.51. The maximum Gasteiger partial charge on any atom is 0.136 e. The summed E-state index contributed by atoms with van der Waals surface area (Å²) in [5.74, 6) is 1.01. The van der Waals surface area contributed by atoms with Crippen molar-refractivity contribution >= 4 is 33.0 Å². The van der Waals surface area contributed by atoms with Gasteiger partial charge >= 0.3 is 0 Å². The molecule has 20 heavy (non-hydrogen) atoms. The minimum Gasteiger partial charge on any atom is -0.371 e. The van der Waals surface area contributed by atoms with Gasteiger partial charge in [0.25, 0.3) is 0 Å². The van der Waals surface area contributed by atoms with Crippen LogP contribution < -0.4 is 5.32 Å². The highest BCUT2D eigenvalue weighted by molar-refractivity contribution is 9.10. The standard InChI is InChI=1S/C15H14BrN3S/c1-19-8-7-17-15(19)14(13-6-3-9-20-13)18-12-5-2-4-11(16)10-12/h2-10,14,18H,1H3. The van der Waals surface area contributed by atoms with Crippen LogP contribution in [-0.2, 0) is 7.05 Å². The molecule has 0 aliphatic carbocycles. The van der Waals surface area contributed by atoms with E-state index in [1.807, 2.05) is 31.6 Å². The van der Waals surface area contributed by atoms with E-state index in [1.54, 1.807) is 11.3 Å². The molecule has 0 aliphatic rings. The number of hydrogen-bond donors (Lipinski definition) is 1. The molecule has 0 radical (unpaired) electrons. The number of nitrogens with zero attached hydrogens (tertiary/aromatic N) is 2. The quantitative estimate of drug-likeness (QED) is 0.755. The number of rotatable bonds is 4. The highest BCUT2D eigenvalue weighted by Gasteiger charge is 2.19. The van der Waals surface area contributed by atoms with Gasteiger partial charge in [0.15, 0.2) is 0 Å². The number of thiophene rings is 1. The zero-order chi connectivity index (χ0) is 13.9. The van der Waals surface area contributed by atoms with Crippen LogP contribution in [0.4, 0.5) is 5.69 Å². The van der Waals surface area contributed by atoms with Crippen LogP contribution in [0, 0.1) is 0 Å². The number of aromatic nitrogens is 2. The second-order valence-electron chi connectivity index (χ2n) is 4.50. The van der Waals surface area contributed by atoms with E-state index in [2.05, 4.69) is 60.4 Å². The zero-order valence-corrected chi connectivity index (χ0v) is 13.4. The number of halogens is 1. The summed E-state index contributed by atoms with van der Waals surface area (Å²) in [4.78, 5) is 5.74. The van der Waals surface area contributed by atoms with Crippen LogP contribution in [0.15, 0.2) is 58.6 Å². The van der Waals surface area contributed by atoms with Crippen molar-refractivity contribution in [2.45, 2.75) is 6.04 Å². The highest BCUT2D eigenvalue weighted by Crippen LogP contribution is 2.29. The van der Waals surface area contributed by atoms with E-state index in [-0.39, 0.29) is 6.04 Å². The molecule has 102 valence electrons. The van der Waals surface area contributed by atoms with Crippen molar-refractivity contribution in [3.63, 3.8) is 0 Å². The van der Waals surface area contributed by atoms with Gasteiger partial charge in [-0.15, -0.1) is 11.3 Å². The molecule has 3 aromatic rings. The van der Waals surface area contributed by atoms with Crippen molar-refractivity contribution in [2.75, 3.05) is 5.32 Å². The number of nitrogens with one attached hydrogen (secondary N) is 1. The number of anilines is 1. The Labute approximate surface area is 130 Å². The second-order valence-corrected chi connectivity index (χ2v) is 6.39. The van der Waals surface area contributed by atoms with Crippen LogP contribution in [0.2, 0.25) is 0 Å². The molecule has 1 unspecified atom stereocenters. The van der Waals surface area contributed by atoms with Crippen LogP contribution in [0.1, 0.15) is 16.7 Å². The fourth-order valence-corrected chi connectivity index (χ4v) is 3.29. The van der Waals surface area contributed by atoms with Gasteiger partial charge in [-0.25, -0.2) is 4.98 Å². The molecular formula is C15H14BrN3S. The first-order valence-electron chi connectivity index (χ1n) is 6.27. The minimum absolute atomic E-state index is 0.0595. The molecule has 3 nitrogen and oxygen atoms in total. The van der Waals surface area contributed by atoms with Crippen molar-refractivity contribution in [1.29, 1.82) is 0 Å². The zero-order valence-electron chi connectivity index (χ0n) is 11.0. The maximum atomic E-state index is 4.49. The lowest BCUT2D eigenvalue weighted by atomic mass is 10.2. The highest BCUT2D eigenvalue weighted by atomic mass is 79.9. The summed E-state index contributed by atoms with van der Waals surface area (Å²) in [5, 5.41) is 5.65. The third kappa shape index (κ3) is 2.78. The SMILES string of the molecule is Cn1ccnc1C(Nc1cccc(Br)c1)c1cccs1. The molecule has 5 heteroatoms. The van der Waals surface area contributed by atoms with Crippen molar-refractivity contribution in [2.24, 2.45) is 7.05 Å². The Balaban J connectivity index is 1.97. The first-order valence-corrected chi connectivity index (χ1v) is 7.94. The monoisotopic (exact) mass is 347 g/mol. The number of benzene rings is 1. The molecule has 1 N–H and O–H groups in total. The van der Waals surface area contributed by atoms with Gasteiger partial charge in [-0.2, -0.15) is 0 Å². The Hall–Kier alpha value is -1.59. The van der Waals surface area contributed by atoms with Crippen LogP contribution in [-0.4, -0.2) is 9.55 Å². The molecule has 0 spiro atoms. The van der Waals surface area contributed by atoms with Gasteiger partial charge in [0, 0.05) is 34.5 Å². The molecule has 0 saturated heterocycles. The molecule has 3 rings (SSSR count). The van der Waals surface area contributed by atoms with Crippen molar-refractivity contribution in [3.05, 3.63) is 69.3 Å². The van der Waals surface area contributed by atoms with Gasteiger partial charge in [-0.1, -0.05) is 28.1 Å². The average Bonchev–Trinajstić information content (AvgIpc) is 3.07.